The molecule has 0 N–H and O–H groups in total. The third kappa shape index (κ3) is 2.64. The summed E-state index contributed by atoms with van der Waals surface area (Å²) in [6, 6.07) is 0. The highest BCUT2D eigenvalue weighted by atomic mass is 32.2. The second-order valence-corrected chi connectivity index (χ2v) is 9.74. The van der Waals surface area contributed by atoms with Gasteiger partial charge in [0, 0.05) is 19.6 Å². The first-order chi connectivity index (χ1) is 8.67. The molecule has 0 aliphatic heterocycles. The molecule has 1 aromatic carbocycles. The molecule has 0 spiro atoms. The molecule has 0 aliphatic carbocycles. The summed E-state index contributed by atoms with van der Waals surface area (Å²) < 4.78 is 3.79. The maximum atomic E-state index is 5.39. The molecule has 2 rings (SSSR count). The van der Waals surface area contributed by atoms with Crippen LogP contribution in [0.2, 0.25) is 0 Å². The number of hydrogen-bond acceptors (Lipinski definition) is 7. The van der Waals surface area contributed by atoms with E-state index in [0.717, 1.165) is 3.14 Å². The lowest BCUT2D eigenvalue weighted by Crippen LogP contribution is -1.87. The Labute approximate surface area is 138 Å². The van der Waals surface area contributed by atoms with Gasteiger partial charge in [-0.3, -0.25) is 0 Å². The maximum Gasteiger partial charge on any atom is 0.144 e. The van der Waals surface area contributed by atoms with E-state index in [2.05, 4.69) is 25.0 Å². The summed E-state index contributed by atoms with van der Waals surface area (Å²) in [4.78, 5) is 5.63. The first-order valence-corrected chi connectivity index (χ1v) is 11.9. The van der Waals surface area contributed by atoms with E-state index < -0.39 is 0 Å². The van der Waals surface area contributed by atoms with Crippen LogP contribution in [0.1, 0.15) is 0 Å². The normalized spacial score (nSPS) is 11.3. The molecule has 0 saturated heterocycles. The Morgan fingerprint density at radius 3 is 1.28 bits per heavy atom. The van der Waals surface area contributed by atoms with E-state index in [1.54, 1.807) is 22.7 Å². The van der Waals surface area contributed by atoms with Crippen molar-refractivity contribution < 1.29 is 0 Å². The summed E-state index contributed by atoms with van der Waals surface area (Å²) in [6.45, 7) is 0. The predicted octanol–water partition coefficient (Wildman–Crippen LogP) is 6.58. The van der Waals surface area contributed by atoms with Gasteiger partial charge in [0.25, 0.3) is 0 Å². The molecule has 0 radical (unpaired) electrons. The van der Waals surface area contributed by atoms with Gasteiger partial charge in [-0.05, 0) is 25.0 Å². The number of fused-ring (bicyclic) bond motifs is 1. The van der Waals surface area contributed by atoms with E-state index in [4.69, 9.17) is 12.2 Å². The average molecular weight is 369 g/mol. The van der Waals surface area contributed by atoms with Crippen molar-refractivity contribution in [2.45, 2.75) is 19.6 Å². The van der Waals surface area contributed by atoms with Crippen molar-refractivity contribution in [2.24, 2.45) is 0 Å². The Morgan fingerprint density at radius 2 is 1.00 bits per heavy atom. The quantitative estimate of drug-likeness (QED) is 0.440. The fourth-order valence-electron chi connectivity index (χ4n) is 1.73. The Bertz CT molecular complexity index is 570. The molecule has 1 heterocycles. The second kappa shape index (κ2) is 6.74. The molecule has 1 aromatic heterocycles. The molecule has 0 nitrogen and oxygen atoms in total. The van der Waals surface area contributed by atoms with Gasteiger partial charge in [0.1, 0.15) is 3.14 Å². The van der Waals surface area contributed by atoms with Gasteiger partial charge < -0.3 is 0 Å². The van der Waals surface area contributed by atoms with Gasteiger partial charge in [0.2, 0.25) is 0 Å². The molecule has 7 heteroatoms. The topological polar surface area (TPSA) is 0 Å². The Kier molecular flexibility index (Phi) is 5.81. The number of hydrogen-bond donors (Lipinski definition) is 0. The number of thioether (sulfide) groups is 4. The van der Waals surface area contributed by atoms with Crippen molar-refractivity contribution in [3.63, 3.8) is 0 Å². The van der Waals surface area contributed by atoms with Gasteiger partial charge in [-0.2, -0.15) is 0 Å². The summed E-state index contributed by atoms with van der Waals surface area (Å²) in [5.74, 6) is 0. The molecule has 18 heavy (non-hydrogen) atoms. The SMILES string of the molecule is CSc1c(SC)c(SC)c2sc(=S)sc2c1SC. The Hall–Kier alpha value is 1.15. The summed E-state index contributed by atoms with van der Waals surface area (Å²) in [5, 5.41) is 0. The molecule has 98 valence electrons. The van der Waals surface area contributed by atoms with Crippen LogP contribution in [-0.2, 0) is 0 Å². The van der Waals surface area contributed by atoms with E-state index in [9.17, 15) is 0 Å². The predicted molar refractivity (Wildman–Crippen MR) is 97.7 cm³/mol. The standard InChI is InChI=1S/C11H12S7/c1-13-5-6(14-2)8(16-4)10-9(7(5)15-3)17-11(12)18-10/h1-4H3. The molecule has 0 aliphatic rings. The average Bonchev–Trinajstić information content (AvgIpc) is 2.76. The van der Waals surface area contributed by atoms with Crippen molar-refractivity contribution >= 4 is 91.3 Å². The number of rotatable bonds is 4. The van der Waals surface area contributed by atoms with Crippen molar-refractivity contribution in [1.29, 1.82) is 0 Å². The molecule has 0 bridgehead atoms. The maximum absolute atomic E-state index is 5.39. The van der Waals surface area contributed by atoms with Crippen LogP contribution in [0.3, 0.4) is 0 Å². The minimum atomic E-state index is 1.03. The lowest BCUT2D eigenvalue weighted by molar-refractivity contribution is 1.09. The third-order valence-corrected chi connectivity index (χ3v) is 9.02. The van der Waals surface area contributed by atoms with Gasteiger partial charge in [0.05, 0.1) is 9.40 Å². The first-order valence-electron chi connectivity index (χ1n) is 4.97. The van der Waals surface area contributed by atoms with Gasteiger partial charge in [-0.1, -0.05) is 12.2 Å². The molecule has 0 amide bonds. The zero-order valence-corrected chi connectivity index (χ0v) is 16.1. The largest absolute Gasteiger partial charge is 0.144 e. The molecular formula is C11H12S7. The number of benzene rings is 1. The third-order valence-electron chi connectivity index (χ3n) is 2.42. The summed E-state index contributed by atoms with van der Waals surface area (Å²) >= 11 is 16.3. The van der Waals surface area contributed by atoms with Crippen molar-refractivity contribution in [1.82, 2.24) is 0 Å². The minimum Gasteiger partial charge on any atom is -0.127 e. The van der Waals surface area contributed by atoms with Crippen LogP contribution in [0.5, 0.6) is 0 Å². The van der Waals surface area contributed by atoms with Gasteiger partial charge in [-0.15, -0.1) is 69.7 Å². The summed E-state index contributed by atoms with van der Waals surface area (Å²) in [6.07, 6.45) is 8.64. The van der Waals surface area contributed by atoms with Crippen LogP contribution in [0.25, 0.3) is 9.40 Å². The highest BCUT2D eigenvalue weighted by Crippen LogP contribution is 2.50. The zero-order chi connectivity index (χ0) is 13.3. The Balaban J connectivity index is 2.98. The molecule has 0 fully saturated rings. The van der Waals surface area contributed by atoms with Crippen molar-refractivity contribution in [2.75, 3.05) is 25.0 Å². The Morgan fingerprint density at radius 1 is 0.667 bits per heavy atom. The zero-order valence-electron chi connectivity index (χ0n) is 10.4. The van der Waals surface area contributed by atoms with E-state index in [-0.39, 0.29) is 0 Å². The van der Waals surface area contributed by atoms with Crippen LogP contribution < -0.4 is 0 Å². The monoisotopic (exact) mass is 368 g/mol. The molecular weight excluding hydrogens is 357 g/mol. The lowest BCUT2D eigenvalue weighted by atomic mass is 10.3. The molecule has 0 unspecified atom stereocenters. The summed E-state index contributed by atoms with van der Waals surface area (Å²) in [7, 11) is 0. The van der Waals surface area contributed by atoms with Crippen molar-refractivity contribution in [3.05, 3.63) is 3.14 Å². The lowest BCUT2D eigenvalue weighted by Gasteiger charge is -2.15. The highest BCUT2D eigenvalue weighted by Gasteiger charge is 2.19. The highest BCUT2D eigenvalue weighted by molar-refractivity contribution is 8.04. The second-order valence-electron chi connectivity index (χ2n) is 3.25. The van der Waals surface area contributed by atoms with Crippen LogP contribution in [0.4, 0.5) is 0 Å². The van der Waals surface area contributed by atoms with Gasteiger partial charge >= 0.3 is 0 Å². The van der Waals surface area contributed by atoms with Gasteiger partial charge in [0.15, 0.2) is 0 Å². The van der Waals surface area contributed by atoms with Crippen LogP contribution in [0.15, 0.2) is 19.6 Å². The van der Waals surface area contributed by atoms with Crippen LogP contribution in [0, 0.1) is 3.14 Å². The molecule has 0 saturated carbocycles. The van der Waals surface area contributed by atoms with E-state index in [0.29, 0.717) is 0 Å². The van der Waals surface area contributed by atoms with E-state index in [1.165, 1.54) is 29.0 Å². The van der Waals surface area contributed by atoms with Gasteiger partial charge in [-0.25, -0.2) is 0 Å². The fraction of sp³-hybridized carbons (Fsp3) is 0.364. The van der Waals surface area contributed by atoms with Crippen molar-refractivity contribution in [3.8, 4) is 0 Å². The van der Waals surface area contributed by atoms with Crippen LogP contribution in [-0.4, -0.2) is 25.0 Å². The fourth-order valence-corrected chi connectivity index (χ4v) is 9.20. The molecule has 0 atom stereocenters. The van der Waals surface area contributed by atoms with E-state index in [1.807, 2.05) is 47.0 Å². The van der Waals surface area contributed by atoms with Crippen LogP contribution >= 0.6 is 81.9 Å². The molecule has 2 aromatic rings. The first kappa shape index (κ1) is 15.5. The summed E-state index contributed by atoms with van der Waals surface area (Å²) in [5.41, 5.74) is 0. The van der Waals surface area contributed by atoms with E-state index >= 15 is 0 Å². The minimum absolute atomic E-state index is 1.03. The smallest absolute Gasteiger partial charge is 0.127 e.